The quantitative estimate of drug-likeness (QED) is 0.645. The van der Waals surface area contributed by atoms with Crippen LogP contribution in [-0.4, -0.2) is 17.6 Å². The molecular formula is C13H18N4S. The van der Waals surface area contributed by atoms with Gasteiger partial charge >= 0.3 is 0 Å². The number of anilines is 2. The average Bonchev–Trinajstić information content (AvgIpc) is 2.81. The fraction of sp³-hybridized carbons (Fsp3) is 0.462. The van der Waals surface area contributed by atoms with Crippen LogP contribution in [0, 0.1) is 0 Å². The second kappa shape index (κ2) is 4.74. The summed E-state index contributed by atoms with van der Waals surface area (Å²) in [5.74, 6) is 5.40. The molecule has 0 radical (unpaired) electrons. The van der Waals surface area contributed by atoms with E-state index in [9.17, 15) is 0 Å². The molecule has 0 saturated carbocycles. The van der Waals surface area contributed by atoms with Gasteiger partial charge < -0.3 is 4.90 Å². The van der Waals surface area contributed by atoms with E-state index < -0.39 is 0 Å². The molecular weight excluding hydrogens is 244 g/mol. The molecule has 1 aliphatic heterocycles. The van der Waals surface area contributed by atoms with Crippen molar-refractivity contribution in [2.45, 2.75) is 32.2 Å². The van der Waals surface area contributed by atoms with Crippen LogP contribution in [0.1, 0.15) is 26.2 Å². The van der Waals surface area contributed by atoms with Crippen molar-refractivity contribution >= 4 is 32.4 Å². The lowest BCUT2D eigenvalue weighted by Crippen LogP contribution is -2.37. The molecule has 1 fully saturated rings. The Morgan fingerprint density at radius 1 is 1.44 bits per heavy atom. The van der Waals surface area contributed by atoms with Crippen LogP contribution in [-0.2, 0) is 0 Å². The number of aromatic nitrogens is 1. The number of nitrogens with one attached hydrogen (secondary N) is 1. The van der Waals surface area contributed by atoms with E-state index in [1.807, 2.05) is 0 Å². The van der Waals surface area contributed by atoms with E-state index in [0.717, 1.165) is 17.2 Å². The van der Waals surface area contributed by atoms with Crippen molar-refractivity contribution in [3.63, 3.8) is 0 Å². The van der Waals surface area contributed by atoms with Crippen molar-refractivity contribution in [1.82, 2.24) is 4.98 Å². The summed E-state index contributed by atoms with van der Waals surface area (Å²) < 4.78 is 1.19. The highest BCUT2D eigenvalue weighted by molar-refractivity contribution is 7.22. The third-order valence-corrected chi connectivity index (χ3v) is 4.58. The molecule has 3 N–H and O–H groups in total. The monoisotopic (exact) mass is 262 g/mol. The third kappa shape index (κ3) is 2.04. The molecule has 1 aromatic carbocycles. The minimum Gasteiger partial charge on any atom is -0.369 e. The van der Waals surface area contributed by atoms with Gasteiger partial charge in [-0.1, -0.05) is 11.3 Å². The lowest BCUT2D eigenvalue weighted by Gasteiger charge is -2.35. The largest absolute Gasteiger partial charge is 0.369 e. The summed E-state index contributed by atoms with van der Waals surface area (Å²) >= 11 is 1.60. The van der Waals surface area contributed by atoms with E-state index in [4.69, 9.17) is 5.84 Å². The summed E-state index contributed by atoms with van der Waals surface area (Å²) in [6.45, 7) is 3.47. The Balaban J connectivity index is 1.96. The van der Waals surface area contributed by atoms with Gasteiger partial charge in [0.1, 0.15) is 0 Å². The number of fused-ring (bicyclic) bond motifs is 1. The molecule has 1 atom stereocenters. The van der Waals surface area contributed by atoms with Crippen LogP contribution in [0.25, 0.3) is 10.2 Å². The molecule has 0 aliphatic carbocycles. The summed E-state index contributed by atoms with van der Waals surface area (Å²) in [4.78, 5) is 6.90. The minimum atomic E-state index is 0.635. The number of thiazole rings is 1. The Kier molecular flexibility index (Phi) is 3.09. The Hall–Kier alpha value is -1.33. The number of benzene rings is 1. The molecule has 0 spiro atoms. The fourth-order valence-electron chi connectivity index (χ4n) is 2.64. The van der Waals surface area contributed by atoms with Crippen LogP contribution in [0.15, 0.2) is 18.2 Å². The third-order valence-electron chi connectivity index (χ3n) is 3.63. The lowest BCUT2D eigenvalue weighted by atomic mass is 10.0. The average molecular weight is 262 g/mol. The molecule has 4 nitrogen and oxygen atoms in total. The molecule has 0 bridgehead atoms. The summed E-state index contributed by atoms with van der Waals surface area (Å²) in [6, 6.07) is 7.12. The van der Waals surface area contributed by atoms with E-state index in [1.165, 1.54) is 29.6 Å². The number of hydrogen-bond acceptors (Lipinski definition) is 5. The van der Waals surface area contributed by atoms with Crippen LogP contribution in [0.4, 0.5) is 10.8 Å². The second-order valence-corrected chi connectivity index (χ2v) is 5.88. The van der Waals surface area contributed by atoms with Gasteiger partial charge in [0.15, 0.2) is 5.13 Å². The van der Waals surface area contributed by atoms with Crippen LogP contribution in [0.3, 0.4) is 0 Å². The molecule has 96 valence electrons. The molecule has 5 heteroatoms. The molecule has 1 aliphatic rings. The van der Waals surface area contributed by atoms with Crippen LogP contribution in [0.5, 0.6) is 0 Å². The second-order valence-electron chi connectivity index (χ2n) is 4.85. The van der Waals surface area contributed by atoms with Crippen molar-refractivity contribution in [2.75, 3.05) is 16.9 Å². The number of piperidine rings is 1. The molecule has 3 rings (SSSR count). The molecule has 1 saturated heterocycles. The van der Waals surface area contributed by atoms with Gasteiger partial charge in [-0.15, -0.1) is 0 Å². The van der Waals surface area contributed by atoms with E-state index in [2.05, 4.69) is 40.4 Å². The van der Waals surface area contributed by atoms with Gasteiger partial charge in [0.2, 0.25) is 0 Å². The standard InChI is InChI=1S/C13H18N4S/c1-9-4-2-3-7-17(9)10-5-6-11-12(8-10)18-13(15-11)16-14/h5-6,8-9H,2-4,7,14H2,1H3,(H,15,16)/t9-/m0/s1. The minimum absolute atomic E-state index is 0.635. The van der Waals surface area contributed by atoms with Gasteiger partial charge in [-0.2, -0.15) is 0 Å². The van der Waals surface area contributed by atoms with Gasteiger partial charge in [0.05, 0.1) is 10.2 Å². The number of hydrazine groups is 1. The van der Waals surface area contributed by atoms with Gasteiger partial charge in [0, 0.05) is 18.3 Å². The zero-order valence-corrected chi connectivity index (χ0v) is 11.3. The summed E-state index contributed by atoms with van der Waals surface area (Å²) in [5, 5.41) is 0.772. The first-order valence-corrected chi connectivity index (χ1v) is 7.23. The van der Waals surface area contributed by atoms with Gasteiger partial charge in [-0.05, 0) is 44.4 Å². The topological polar surface area (TPSA) is 54.2 Å². The number of nitrogens with zero attached hydrogens (tertiary/aromatic N) is 2. The normalized spacial score (nSPS) is 20.3. The van der Waals surface area contributed by atoms with Crippen molar-refractivity contribution in [2.24, 2.45) is 5.84 Å². The lowest BCUT2D eigenvalue weighted by molar-refractivity contribution is 0.485. The molecule has 0 unspecified atom stereocenters. The van der Waals surface area contributed by atoms with Gasteiger partial charge in [0.25, 0.3) is 0 Å². The highest BCUT2D eigenvalue weighted by atomic mass is 32.1. The maximum absolute atomic E-state index is 5.40. The van der Waals surface area contributed by atoms with E-state index in [-0.39, 0.29) is 0 Å². The summed E-state index contributed by atoms with van der Waals surface area (Å²) in [5.41, 5.74) is 4.94. The Morgan fingerprint density at radius 3 is 3.11 bits per heavy atom. The van der Waals surface area contributed by atoms with Crippen LogP contribution >= 0.6 is 11.3 Å². The Morgan fingerprint density at radius 2 is 2.33 bits per heavy atom. The number of rotatable bonds is 2. The first-order chi connectivity index (χ1) is 8.78. The molecule has 18 heavy (non-hydrogen) atoms. The van der Waals surface area contributed by atoms with E-state index in [1.54, 1.807) is 11.3 Å². The maximum atomic E-state index is 5.40. The van der Waals surface area contributed by atoms with Crippen molar-refractivity contribution in [1.29, 1.82) is 0 Å². The predicted molar refractivity (Wildman–Crippen MR) is 78.1 cm³/mol. The first-order valence-electron chi connectivity index (χ1n) is 6.42. The van der Waals surface area contributed by atoms with E-state index in [0.29, 0.717) is 6.04 Å². The van der Waals surface area contributed by atoms with Gasteiger partial charge in [-0.3, -0.25) is 5.43 Å². The Labute approximate surface area is 111 Å². The SMILES string of the molecule is C[C@H]1CCCCN1c1ccc2nc(NN)sc2c1. The molecule has 0 amide bonds. The van der Waals surface area contributed by atoms with Gasteiger partial charge in [-0.25, -0.2) is 10.8 Å². The number of nitrogen functional groups attached to an aromatic ring is 1. The summed E-state index contributed by atoms with van der Waals surface area (Å²) in [6.07, 6.45) is 3.93. The van der Waals surface area contributed by atoms with Crippen molar-refractivity contribution < 1.29 is 0 Å². The molecule has 2 aromatic rings. The smallest absolute Gasteiger partial charge is 0.198 e. The van der Waals surface area contributed by atoms with Crippen molar-refractivity contribution in [3.05, 3.63) is 18.2 Å². The van der Waals surface area contributed by atoms with Crippen molar-refractivity contribution in [3.8, 4) is 0 Å². The zero-order valence-electron chi connectivity index (χ0n) is 10.5. The summed E-state index contributed by atoms with van der Waals surface area (Å²) in [7, 11) is 0. The number of nitrogens with two attached hydrogens (primary N) is 1. The highest BCUT2D eigenvalue weighted by Crippen LogP contribution is 2.31. The maximum Gasteiger partial charge on any atom is 0.198 e. The Bertz CT molecular complexity index is 551. The first kappa shape index (κ1) is 11.7. The molecule has 1 aromatic heterocycles. The highest BCUT2D eigenvalue weighted by Gasteiger charge is 2.19. The predicted octanol–water partition coefficient (Wildman–Crippen LogP) is 2.96. The fourth-order valence-corrected chi connectivity index (χ4v) is 3.44. The molecule has 2 heterocycles. The van der Waals surface area contributed by atoms with E-state index >= 15 is 0 Å². The zero-order chi connectivity index (χ0) is 12.5. The van der Waals surface area contributed by atoms with Crippen LogP contribution < -0.4 is 16.2 Å². The number of hydrogen-bond donors (Lipinski definition) is 2. The van der Waals surface area contributed by atoms with Crippen LogP contribution in [0.2, 0.25) is 0 Å².